The largest absolute Gasteiger partial charge is 0.456 e. The molecule has 3 amide bonds. The number of aromatic amines is 1. The number of hydrogen-bond acceptors (Lipinski definition) is 5. The summed E-state index contributed by atoms with van der Waals surface area (Å²) < 4.78 is 4.91. The van der Waals surface area contributed by atoms with Gasteiger partial charge < -0.3 is 15.0 Å². The number of rotatable bonds is 5. The second-order valence-electron chi connectivity index (χ2n) is 6.61. The molecule has 1 saturated carbocycles. The molecule has 2 heterocycles. The van der Waals surface area contributed by atoms with Crippen molar-refractivity contribution in [1.82, 2.24) is 15.2 Å². The van der Waals surface area contributed by atoms with E-state index < -0.39 is 30.7 Å². The SMILES string of the molecule is C[C@@H]1CCCC[C@@]12NC(=O)N(CC(=O)OCC(=O)c1ccc[nH]1)C2=O. The summed E-state index contributed by atoms with van der Waals surface area (Å²) in [5.41, 5.74) is -0.576. The van der Waals surface area contributed by atoms with Gasteiger partial charge in [0.1, 0.15) is 12.1 Å². The number of nitrogens with zero attached hydrogens (tertiary/aromatic N) is 1. The molecular weight excluding hydrogens is 326 g/mol. The Kier molecular flexibility index (Phi) is 4.61. The van der Waals surface area contributed by atoms with Crippen molar-refractivity contribution in [2.45, 2.75) is 38.1 Å². The maximum absolute atomic E-state index is 12.7. The zero-order chi connectivity index (χ0) is 18.0. The van der Waals surface area contributed by atoms with Crippen molar-refractivity contribution < 1.29 is 23.9 Å². The number of nitrogens with one attached hydrogen (secondary N) is 2. The molecule has 1 aromatic heterocycles. The van der Waals surface area contributed by atoms with Gasteiger partial charge in [-0.1, -0.05) is 19.8 Å². The molecule has 0 aromatic carbocycles. The molecular formula is C17H21N3O5. The lowest BCUT2D eigenvalue weighted by Gasteiger charge is -2.36. The number of carbonyl (C=O) groups is 4. The molecule has 25 heavy (non-hydrogen) atoms. The minimum absolute atomic E-state index is 0.0215. The van der Waals surface area contributed by atoms with Gasteiger partial charge in [0, 0.05) is 6.20 Å². The molecule has 1 aliphatic carbocycles. The zero-order valence-electron chi connectivity index (χ0n) is 14.0. The van der Waals surface area contributed by atoms with E-state index in [1.165, 1.54) is 0 Å². The molecule has 2 fully saturated rings. The van der Waals surface area contributed by atoms with Crippen molar-refractivity contribution >= 4 is 23.7 Å². The number of H-pyrrole nitrogens is 1. The van der Waals surface area contributed by atoms with Gasteiger partial charge in [0.2, 0.25) is 5.78 Å². The first kappa shape index (κ1) is 17.2. The fourth-order valence-corrected chi connectivity index (χ4v) is 3.54. The Balaban J connectivity index is 1.58. The highest BCUT2D eigenvalue weighted by molar-refractivity contribution is 6.09. The zero-order valence-corrected chi connectivity index (χ0v) is 14.0. The molecule has 2 atom stereocenters. The number of carbonyl (C=O) groups excluding carboxylic acids is 4. The average molecular weight is 347 g/mol. The number of Topliss-reactive ketones (excluding diaryl/α,β-unsaturated/α-hetero) is 1. The molecule has 8 nitrogen and oxygen atoms in total. The first-order valence-electron chi connectivity index (χ1n) is 8.40. The summed E-state index contributed by atoms with van der Waals surface area (Å²) in [7, 11) is 0. The molecule has 0 bridgehead atoms. The van der Waals surface area contributed by atoms with Gasteiger partial charge in [0.15, 0.2) is 6.61 Å². The molecule has 2 aliphatic rings. The van der Waals surface area contributed by atoms with Crippen molar-refractivity contribution in [2.75, 3.05) is 13.2 Å². The van der Waals surface area contributed by atoms with E-state index in [0.29, 0.717) is 12.1 Å². The highest BCUT2D eigenvalue weighted by Crippen LogP contribution is 2.38. The van der Waals surface area contributed by atoms with Gasteiger partial charge in [0.05, 0.1) is 5.69 Å². The first-order valence-corrected chi connectivity index (χ1v) is 8.40. The quantitative estimate of drug-likeness (QED) is 0.473. The number of urea groups is 1. The number of amides is 3. The van der Waals surface area contributed by atoms with Crippen molar-refractivity contribution in [1.29, 1.82) is 0 Å². The average Bonchev–Trinajstić information content (AvgIpc) is 3.20. The predicted octanol–water partition coefficient (Wildman–Crippen LogP) is 1.24. The first-order chi connectivity index (χ1) is 11.9. The Bertz CT molecular complexity index is 699. The predicted molar refractivity (Wildman–Crippen MR) is 86.7 cm³/mol. The molecule has 8 heteroatoms. The number of ketones is 1. The monoisotopic (exact) mass is 347 g/mol. The fraction of sp³-hybridized carbons (Fsp3) is 0.529. The van der Waals surface area contributed by atoms with Crippen LogP contribution >= 0.6 is 0 Å². The van der Waals surface area contributed by atoms with E-state index in [4.69, 9.17) is 4.74 Å². The summed E-state index contributed by atoms with van der Waals surface area (Å²) in [6.07, 6.45) is 4.91. The molecule has 3 rings (SSSR count). The number of esters is 1. The van der Waals surface area contributed by atoms with E-state index in [2.05, 4.69) is 10.3 Å². The maximum atomic E-state index is 12.7. The van der Waals surface area contributed by atoms with Gasteiger partial charge >= 0.3 is 12.0 Å². The normalized spacial score (nSPS) is 26.0. The third-order valence-electron chi connectivity index (χ3n) is 5.05. The second-order valence-corrected chi connectivity index (χ2v) is 6.61. The van der Waals surface area contributed by atoms with Crippen LogP contribution in [0.25, 0.3) is 0 Å². The van der Waals surface area contributed by atoms with Crippen LogP contribution in [0.1, 0.15) is 43.1 Å². The van der Waals surface area contributed by atoms with Crippen LogP contribution in [0.5, 0.6) is 0 Å². The minimum atomic E-state index is -0.907. The molecule has 134 valence electrons. The Morgan fingerprint density at radius 3 is 2.84 bits per heavy atom. The van der Waals surface area contributed by atoms with E-state index in [1.807, 2.05) is 6.92 Å². The maximum Gasteiger partial charge on any atom is 0.326 e. The third-order valence-corrected chi connectivity index (χ3v) is 5.05. The Labute approximate surface area is 144 Å². The number of ether oxygens (including phenoxy) is 1. The molecule has 2 N–H and O–H groups in total. The molecule has 1 spiro atoms. The summed E-state index contributed by atoms with van der Waals surface area (Å²) in [4.78, 5) is 52.3. The van der Waals surface area contributed by atoms with Crippen LogP contribution < -0.4 is 5.32 Å². The van der Waals surface area contributed by atoms with Gasteiger partial charge in [-0.3, -0.25) is 19.3 Å². The number of aromatic nitrogens is 1. The minimum Gasteiger partial charge on any atom is -0.456 e. The van der Waals surface area contributed by atoms with E-state index in [-0.39, 0.29) is 17.6 Å². The Morgan fingerprint density at radius 2 is 2.16 bits per heavy atom. The van der Waals surface area contributed by atoms with Crippen LogP contribution in [0, 0.1) is 5.92 Å². The smallest absolute Gasteiger partial charge is 0.326 e. The van der Waals surface area contributed by atoms with Gasteiger partial charge in [0.25, 0.3) is 5.91 Å². The molecule has 1 aromatic rings. The standard InChI is InChI=1S/C17H21N3O5/c1-11-5-2-3-7-17(11)15(23)20(16(24)19-17)9-14(22)25-10-13(21)12-6-4-8-18-12/h4,6,8,11,18H,2-3,5,7,9-10H2,1H3,(H,19,24)/t11-,17-/m1/s1. The second kappa shape index (κ2) is 6.70. The molecule has 0 unspecified atom stereocenters. The van der Waals surface area contributed by atoms with E-state index in [9.17, 15) is 19.2 Å². The lowest BCUT2D eigenvalue weighted by Crippen LogP contribution is -2.54. The summed E-state index contributed by atoms with van der Waals surface area (Å²) >= 11 is 0. The number of imide groups is 1. The van der Waals surface area contributed by atoms with Crippen molar-refractivity contribution in [3.8, 4) is 0 Å². The van der Waals surface area contributed by atoms with Gasteiger partial charge in [-0.2, -0.15) is 0 Å². The summed E-state index contributed by atoms with van der Waals surface area (Å²) in [5, 5.41) is 2.77. The van der Waals surface area contributed by atoms with Crippen LogP contribution in [-0.2, 0) is 14.3 Å². The van der Waals surface area contributed by atoms with Gasteiger partial charge in [-0.05, 0) is 30.9 Å². The van der Waals surface area contributed by atoms with Crippen LogP contribution in [0.15, 0.2) is 18.3 Å². The highest BCUT2D eigenvalue weighted by atomic mass is 16.5. The van der Waals surface area contributed by atoms with Crippen LogP contribution in [0.4, 0.5) is 4.79 Å². The van der Waals surface area contributed by atoms with E-state index in [1.54, 1.807) is 18.3 Å². The summed E-state index contributed by atoms with van der Waals surface area (Å²) in [6, 6.07) is 2.65. The highest BCUT2D eigenvalue weighted by Gasteiger charge is 2.55. The lowest BCUT2D eigenvalue weighted by molar-refractivity contribution is -0.147. The van der Waals surface area contributed by atoms with Crippen molar-refractivity contribution in [2.24, 2.45) is 5.92 Å². The fourth-order valence-electron chi connectivity index (χ4n) is 3.54. The van der Waals surface area contributed by atoms with Crippen LogP contribution in [0.2, 0.25) is 0 Å². The molecule has 1 aliphatic heterocycles. The lowest BCUT2D eigenvalue weighted by atomic mass is 9.73. The molecule has 1 saturated heterocycles. The number of hydrogen-bond donors (Lipinski definition) is 2. The summed E-state index contributed by atoms with van der Waals surface area (Å²) in [6.45, 7) is 1.01. The topological polar surface area (TPSA) is 109 Å². The van der Waals surface area contributed by atoms with Crippen molar-refractivity contribution in [3.63, 3.8) is 0 Å². The van der Waals surface area contributed by atoms with Gasteiger partial charge in [-0.25, -0.2) is 4.79 Å². The third kappa shape index (κ3) is 3.16. The van der Waals surface area contributed by atoms with E-state index in [0.717, 1.165) is 24.2 Å². The molecule has 0 radical (unpaired) electrons. The Hall–Kier alpha value is -2.64. The van der Waals surface area contributed by atoms with Crippen LogP contribution in [0.3, 0.4) is 0 Å². The Morgan fingerprint density at radius 1 is 1.36 bits per heavy atom. The van der Waals surface area contributed by atoms with Crippen molar-refractivity contribution in [3.05, 3.63) is 24.0 Å². The summed E-state index contributed by atoms with van der Waals surface area (Å²) in [5.74, 6) is -1.53. The van der Waals surface area contributed by atoms with E-state index >= 15 is 0 Å². The van der Waals surface area contributed by atoms with Crippen LogP contribution in [-0.4, -0.2) is 52.3 Å². The van der Waals surface area contributed by atoms with Gasteiger partial charge in [-0.15, -0.1) is 0 Å².